The van der Waals surface area contributed by atoms with Crippen LogP contribution < -0.4 is 16.2 Å². The Hall–Kier alpha value is -1.36. The summed E-state index contributed by atoms with van der Waals surface area (Å²) in [5, 5.41) is 0. The minimum Gasteiger partial charge on any atom is -0.353 e. The second kappa shape index (κ2) is 4.87. The van der Waals surface area contributed by atoms with E-state index in [1.807, 2.05) is 6.92 Å². The number of aromatic nitrogens is 2. The van der Waals surface area contributed by atoms with E-state index in [1.54, 1.807) is 6.33 Å². The molecule has 3 N–H and O–H groups in total. The number of hydrogen-bond acceptors (Lipinski definition) is 5. The van der Waals surface area contributed by atoms with Crippen molar-refractivity contribution in [3.8, 4) is 0 Å². The van der Waals surface area contributed by atoms with E-state index < -0.39 is 0 Å². The van der Waals surface area contributed by atoms with Gasteiger partial charge >= 0.3 is 0 Å². The first-order valence-corrected chi connectivity index (χ1v) is 6.18. The van der Waals surface area contributed by atoms with Crippen LogP contribution >= 0.6 is 0 Å². The lowest BCUT2D eigenvalue weighted by molar-refractivity contribution is 0.387. The number of nitrogen functional groups attached to an aromatic ring is 1. The van der Waals surface area contributed by atoms with E-state index in [0.29, 0.717) is 11.9 Å². The van der Waals surface area contributed by atoms with E-state index in [0.717, 1.165) is 23.8 Å². The molecule has 1 aliphatic rings. The van der Waals surface area contributed by atoms with Gasteiger partial charge in [-0.15, -0.1) is 0 Å². The van der Waals surface area contributed by atoms with E-state index in [2.05, 4.69) is 34.1 Å². The summed E-state index contributed by atoms with van der Waals surface area (Å²) >= 11 is 0. The van der Waals surface area contributed by atoms with Gasteiger partial charge in [-0.3, -0.25) is 0 Å². The zero-order chi connectivity index (χ0) is 12.4. The number of rotatable bonds is 2. The monoisotopic (exact) mass is 235 g/mol. The van der Waals surface area contributed by atoms with Crippen LogP contribution in [0.25, 0.3) is 0 Å². The first kappa shape index (κ1) is 12.1. The van der Waals surface area contributed by atoms with Gasteiger partial charge in [-0.2, -0.15) is 0 Å². The second-order valence-corrected chi connectivity index (χ2v) is 5.00. The first-order valence-electron chi connectivity index (χ1n) is 6.18. The zero-order valence-corrected chi connectivity index (χ0v) is 10.8. The zero-order valence-electron chi connectivity index (χ0n) is 10.8. The largest absolute Gasteiger partial charge is 0.353 e. The highest BCUT2D eigenvalue weighted by molar-refractivity contribution is 5.58. The molecule has 1 aromatic heterocycles. The van der Waals surface area contributed by atoms with E-state index in [9.17, 15) is 0 Å². The highest BCUT2D eigenvalue weighted by Crippen LogP contribution is 2.29. The van der Waals surface area contributed by atoms with E-state index in [4.69, 9.17) is 5.84 Å². The quantitative estimate of drug-likeness (QED) is 0.603. The molecule has 0 spiro atoms. The fraction of sp³-hybridized carbons (Fsp3) is 0.667. The minimum absolute atomic E-state index is 0.533. The predicted octanol–water partition coefficient (Wildman–Crippen LogP) is 1.70. The van der Waals surface area contributed by atoms with Crippen LogP contribution in [0.2, 0.25) is 0 Å². The number of hydrogen-bond donors (Lipinski definition) is 2. The molecule has 0 aromatic carbocycles. The predicted molar refractivity (Wildman–Crippen MR) is 69.8 cm³/mol. The summed E-state index contributed by atoms with van der Waals surface area (Å²) in [5.41, 5.74) is 3.65. The van der Waals surface area contributed by atoms with Crippen LogP contribution in [0.15, 0.2) is 6.33 Å². The highest BCUT2D eigenvalue weighted by Gasteiger charge is 2.25. The Morgan fingerprint density at radius 1 is 1.35 bits per heavy atom. The van der Waals surface area contributed by atoms with Crippen LogP contribution in [0, 0.1) is 12.8 Å². The Morgan fingerprint density at radius 2 is 2.12 bits per heavy atom. The van der Waals surface area contributed by atoms with Crippen LogP contribution in [-0.2, 0) is 0 Å². The van der Waals surface area contributed by atoms with Crippen molar-refractivity contribution in [2.45, 2.75) is 39.7 Å². The van der Waals surface area contributed by atoms with Crippen molar-refractivity contribution in [2.24, 2.45) is 11.8 Å². The van der Waals surface area contributed by atoms with Crippen LogP contribution in [0.4, 0.5) is 11.6 Å². The number of hydrazine groups is 1. The van der Waals surface area contributed by atoms with Crippen molar-refractivity contribution < 1.29 is 0 Å². The molecular weight excluding hydrogens is 214 g/mol. The molecule has 0 aliphatic carbocycles. The maximum Gasteiger partial charge on any atom is 0.148 e. The van der Waals surface area contributed by atoms with E-state index in [1.165, 1.54) is 12.8 Å². The first-order chi connectivity index (χ1) is 8.13. The maximum absolute atomic E-state index is 5.45. The van der Waals surface area contributed by atoms with Crippen molar-refractivity contribution in [1.82, 2.24) is 9.97 Å². The summed E-state index contributed by atoms with van der Waals surface area (Å²) in [6, 6.07) is 0.533. The molecule has 1 fully saturated rings. The van der Waals surface area contributed by atoms with Crippen molar-refractivity contribution in [3.05, 3.63) is 11.9 Å². The lowest BCUT2D eigenvalue weighted by Crippen LogP contribution is -2.42. The molecule has 1 aromatic rings. The maximum atomic E-state index is 5.45. The molecule has 2 rings (SSSR count). The molecule has 0 radical (unpaired) electrons. The van der Waals surface area contributed by atoms with E-state index in [-0.39, 0.29) is 0 Å². The molecule has 0 amide bonds. The number of nitrogens with two attached hydrogens (primary N) is 1. The molecule has 1 saturated heterocycles. The summed E-state index contributed by atoms with van der Waals surface area (Å²) in [6.07, 6.45) is 4.09. The molecule has 1 aliphatic heterocycles. The lowest BCUT2D eigenvalue weighted by atomic mass is 9.95. The topological polar surface area (TPSA) is 67.1 Å². The van der Waals surface area contributed by atoms with Crippen molar-refractivity contribution in [1.29, 1.82) is 0 Å². The number of nitrogens with one attached hydrogen (secondary N) is 1. The van der Waals surface area contributed by atoms with Gasteiger partial charge in [0.15, 0.2) is 0 Å². The third kappa shape index (κ3) is 2.34. The standard InChI is InChI=1S/C12H21N5/c1-8-4-5-9(2)17(6-8)12-10(3)11(16-13)14-7-15-12/h7-9H,4-6,13H2,1-3H3,(H,14,15,16). The number of nitrogens with zero attached hydrogens (tertiary/aromatic N) is 3. The summed E-state index contributed by atoms with van der Waals surface area (Å²) in [4.78, 5) is 10.9. The fourth-order valence-electron chi connectivity index (χ4n) is 2.46. The van der Waals surface area contributed by atoms with Gasteiger partial charge in [0.05, 0.1) is 0 Å². The average molecular weight is 235 g/mol. The Labute approximate surface area is 102 Å². The van der Waals surface area contributed by atoms with Gasteiger partial charge in [0, 0.05) is 18.2 Å². The number of anilines is 2. The molecule has 2 heterocycles. The third-order valence-electron chi connectivity index (χ3n) is 3.58. The van der Waals surface area contributed by atoms with Crippen LogP contribution in [0.1, 0.15) is 32.3 Å². The Bertz CT molecular complexity index is 392. The molecule has 17 heavy (non-hydrogen) atoms. The Balaban J connectivity index is 2.32. The van der Waals surface area contributed by atoms with Gasteiger partial charge < -0.3 is 10.3 Å². The van der Waals surface area contributed by atoms with Crippen molar-refractivity contribution in [2.75, 3.05) is 16.9 Å². The van der Waals surface area contributed by atoms with Gasteiger partial charge in [-0.05, 0) is 32.6 Å². The van der Waals surface area contributed by atoms with E-state index >= 15 is 0 Å². The van der Waals surface area contributed by atoms with Gasteiger partial charge in [0.2, 0.25) is 0 Å². The molecule has 2 unspecified atom stereocenters. The van der Waals surface area contributed by atoms with Gasteiger partial charge in [0.25, 0.3) is 0 Å². The number of piperidine rings is 1. The van der Waals surface area contributed by atoms with Crippen LogP contribution in [-0.4, -0.2) is 22.6 Å². The minimum atomic E-state index is 0.533. The van der Waals surface area contributed by atoms with Gasteiger partial charge in [-0.1, -0.05) is 6.92 Å². The van der Waals surface area contributed by atoms with Crippen molar-refractivity contribution >= 4 is 11.6 Å². The smallest absolute Gasteiger partial charge is 0.148 e. The average Bonchev–Trinajstić information content (AvgIpc) is 2.33. The highest BCUT2D eigenvalue weighted by atomic mass is 15.3. The molecule has 0 saturated carbocycles. The van der Waals surface area contributed by atoms with Crippen LogP contribution in [0.3, 0.4) is 0 Å². The molecule has 0 bridgehead atoms. The van der Waals surface area contributed by atoms with Crippen molar-refractivity contribution in [3.63, 3.8) is 0 Å². The lowest BCUT2D eigenvalue weighted by Gasteiger charge is -2.38. The fourth-order valence-corrected chi connectivity index (χ4v) is 2.46. The van der Waals surface area contributed by atoms with Gasteiger partial charge in [-0.25, -0.2) is 15.8 Å². The van der Waals surface area contributed by atoms with Crippen LogP contribution in [0.5, 0.6) is 0 Å². The summed E-state index contributed by atoms with van der Waals surface area (Å²) in [5.74, 6) is 7.88. The molecule has 5 nitrogen and oxygen atoms in total. The Morgan fingerprint density at radius 3 is 2.82 bits per heavy atom. The molecule has 2 atom stereocenters. The summed E-state index contributed by atoms with van der Waals surface area (Å²) < 4.78 is 0. The molecular formula is C12H21N5. The SMILES string of the molecule is Cc1c(NN)ncnc1N1CC(C)CCC1C. The summed E-state index contributed by atoms with van der Waals surface area (Å²) in [6.45, 7) is 7.61. The normalized spacial score (nSPS) is 24.8. The van der Waals surface area contributed by atoms with Gasteiger partial charge in [0.1, 0.15) is 18.0 Å². The third-order valence-corrected chi connectivity index (χ3v) is 3.58. The molecule has 5 heteroatoms. The second-order valence-electron chi connectivity index (χ2n) is 5.00. The summed E-state index contributed by atoms with van der Waals surface area (Å²) in [7, 11) is 0. The Kier molecular flexibility index (Phi) is 3.47. The molecule has 94 valence electrons.